The van der Waals surface area contributed by atoms with Gasteiger partial charge in [0.15, 0.2) is 0 Å². The highest BCUT2D eigenvalue weighted by atomic mass is 16.6. The summed E-state index contributed by atoms with van der Waals surface area (Å²) < 4.78 is 10.5. The van der Waals surface area contributed by atoms with Crippen molar-refractivity contribution < 1.29 is 14.3 Å². The number of nitrogens with zero attached hydrogens (tertiary/aromatic N) is 2. The molecule has 0 aromatic carbocycles. The van der Waals surface area contributed by atoms with Crippen molar-refractivity contribution in [3.8, 4) is 5.75 Å². The summed E-state index contributed by atoms with van der Waals surface area (Å²) in [6, 6.07) is 1.72. The molecule has 5 nitrogen and oxygen atoms in total. The summed E-state index contributed by atoms with van der Waals surface area (Å²) in [6.45, 7) is 1.46. The van der Waals surface area contributed by atoms with E-state index in [1.165, 1.54) is 0 Å². The molecule has 3 rings (SSSR count). The molecule has 1 amide bonds. The fourth-order valence-electron chi connectivity index (χ4n) is 2.20. The summed E-state index contributed by atoms with van der Waals surface area (Å²) in [5.41, 5.74) is 0.573. The van der Waals surface area contributed by atoms with Crippen molar-refractivity contribution in [1.29, 1.82) is 0 Å². The molecule has 2 saturated heterocycles. The number of carbonyl (C=O) groups excluding carboxylic acids is 1. The molecule has 1 aromatic heterocycles. The van der Waals surface area contributed by atoms with Crippen molar-refractivity contribution in [1.82, 2.24) is 9.88 Å². The van der Waals surface area contributed by atoms with Gasteiger partial charge in [0.1, 0.15) is 11.9 Å². The zero-order valence-electron chi connectivity index (χ0n) is 9.63. The molecule has 2 fully saturated rings. The first kappa shape index (κ1) is 10.5. The van der Waals surface area contributed by atoms with Crippen LogP contribution in [-0.2, 0) is 4.74 Å². The Morgan fingerprint density at radius 2 is 2.41 bits per heavy atom. The van der Waals surface area contributed by atoms with Crippen LogP contribution in [0.25, 0.3) is 0 Å². The molecule has 2 aliphatic heterocycles. The van der Waals surface area contributed by atoms with E-state index >= 15 is 0 Å². The van der Waals surface area contributed by atoms with Gasteiger partial charge in [-0.2, -0.15) is 0 Å². The van der Waals surface area contributed by atoms with Crippen LogP contribution in [0.4, 0.5) is 0 Å². The maximum Gasteiger partial charge on any atom is 0.255 e. The van der Waals surface area contributed by atoms with E-state index in [1.54, 1.807) is 25.6 Å². The molecule has 2 aliphatic rings. The summed E-state index contributed by atoms with van der Waals surface area (Å²) in [5, 5.41) is 0. The number of likely N-dealkylation sites (tertiary alicyclic amines) is 1. The van der Waals surface area contributed by atoms with Gasteiger partial charge in [-0.05, 0) is 12.5 Å². The number of pyridine rings is 1. The number of piperidine rings is 1. The lowest BCUT2D eigenvalue weighted by molar-refractivity contribution is 0.0736. The van der Waals surface area contributed by atoms with Crippen molar-refractivity contribution in [2.45, 2.75) is 18.6 Å². The fourth-order valence-corrected chi connectivity index (χ4v) is 2.20. The van der Waals surface area contributed by atoms with E-state index in [1.807, 2.05) is 4.90 Å². The largest absolute Gasteiger partial charge is 0.495 e. The minimum Gasteiger partial charge on any atom is -0.495 e. The standard InChI is InChI=1S/C12H14N2O3/c1-16-9-4-8(5-13-6-9)12(15)14-3-2-10-11(7-14)17-10/h4-6,10-11H,2-3,7H2,1H3/t10-,11-/m0/s1. The Kier molecular flexibility index (Phi) is 2.48. The molecule has 0 N–H and O–H groups in total. The van der Waals surface area contributed by atoms with Crippen molar-refractivity contribution >= 4 is 5.91 Å². The number of carbonyl (C=O) groups is 1. The van der Waals surface area contributed by atoms with Gasteiger partial charge < -0.3 is 14.4 Å². The van der Waals surface area contributed by atoms with Crippen molar-refractivity contribution in [3.63, 3.8) is 0 Å². The third-order valence-electron chi connectivity index (χ3n) is 3.25. The Morgan fingerprint density at radius 1 is 1.53 bits per heavy atom. The van der Waals surface area contributed by atoms with E-state index in [0.29, 0.717) is 24.0 Å². The SMILES string of the molecule is COc1cncc(C(=O)N2CC[C@@H]3O[C@H]3C2)c1. The Bertz CT molecular complexity index is 449. The molecule has 0 saturated carbocycles. The Hall–Kier alpha value is -1.62. The monoisotopic (exact) mass is 234 g/mol. The van der Waals surface area contributed by atoms with E-state index in [4.69, 9.17) is 9.47 Å². The second-order valence-corrected chi connectivity index (χ2v) is 4.37. The number of ether oxygens (including phenoxy) is 2. The van der Waals surface area contributed by atoms with E-state index in [-0.39, 0.29) is 12.0 Å². The van der Waals surface area contributed by atoms with Crippen LogP contribution in [0, 0.1) is 0 Å². The predicted octanol–water partition coefficient (Wildman–Crippen LogP) is 0.703. The molecule has 0 radical (unpaired) electrons. The molecule has 0 unspecified atom stereocenters. The van der Waals surface area contributed by atoms with Crippen LogP contribution in [0.15, 0.2) is 18.5 Å². The third-order valence-corrected chi connectivity index (χ3v) is 3.25. The van der Waals surface area contributed by atoms with Crippen LogP contribution >= 0.6 is 0 Å². The number of amides is 1. The first-order chi connectivity index (χ1) is 8.28. The molecule has 0 aliphatic carbocycles. The van der Waals surface area contributed by atoms with Gasteiger partial charge in [0, 0.05) is 19.3 Å². The Balaban J connectivity index is 1.75. The van der Waals surface area contributed by atoms with Gasteiger partial charge >= 0.3 is 0 Å². The molecule has 5 heteroatoms. The Labute approximate surface area is 99.3 Å². The lowest BCUT2D eigenvalue weighted by Gasteiger charge is -2.24. The van der Waals surface area contributed by atoms with E-state index in [0.717, 1.165) is 13.0 Å². The van der Waals surface area contributed by atoms with Crippen molar-refractivity contribution in [2.75, 3.05) is 20.2 Å². The second kappa shape index (κ2) is 4.00. The molecular weight excluding hydrogens is 220 g/mol. The quantitative estimate of drug-likeness (QED) is 0.707. The Morgan fingerprint density at radius 3 is 3.18 bits per heavy atom. The zero-order valence-corrected chi connectivity index (χ0v) is 9.63. The molecule has 0 bridgehead atoms. The first-order valence-electron chi connectivity index (χ1n) is 5.71. The summed E-state index contributed by atoms with van der Waals surface area (Å²) in [5.74, 6) is 0.610. The fraction of sp³-hybridized carbons (Fsp3) is 0.500. The highest BCUT2D eigenvalue weighted by Crippen LogP contribution is 2.31. The number of fused-ring (bicyclic) bond motifs is 1. The average Bonchev–Trinajstić information content (AvgIpc) is 3.16. The smallest absolute Gasteiger partial charge is 0.255 e. The van der Waals surface area contributed by atoms with E-state index in [9.17, 15) is 4.79 Å². The van der Waals surface area contributed by atoms with Crippen LogP contribution in [-0.4, -0.2) is 48.2 Å². The minimum atomic E-state index is 0.00495. The number of epoxide rings is 1. The van der Waals surface area contributed by atoms with Crippen LogP contribution in [0.2, 0.25) is 0 Å². The van der Waals surface area contributed by atoms with Crippen LogP contribution in [0.1, 0.15) is 16.8 Å². The van der Waals surface area contributed by atoms with Crippen LogP contribution < -0.4 is 4.74 Å². The molecule has 17 heavy (non-hydrogen) atoms. The molecule has 3 heterocycles. The highest BCUT2D eigenvalue weighted by Gasteiger charge is 2.44. The molecule has 2 atom stereocenters. The van der Waals surface area contributed by atoms with Gasteiger partial charge in [-0.3, -0.25) is 9.78 Å². The van der Waals surface area contributed by atoms with Gasteiger partial charge in [-0.1, -0.05) is 0 Å². The lowest BCUT2D eigenvalue weighted by Crippen LogP contribution is -2.39. The highest BCUT2D eigenvalue weighted by molar-refractivity contribution is 5.94. The molecule has 1 aromatic rings. The number of rotatable bonds is 2. The summed E-state index contributed by atoms with van der Waals surface area (Å²) >= 11 is 0. The van der Waals surface area contributed by atoms with Crippen LogP contribution in [0.3, 0.4) is 0 Å². The first-order valence-corrected chi connectivity index (χ1v) is 5.71. The van der Waals surface area contributed by atoms with E-state index in [2.05, 4.69) is 4.98 Å². The maximum absolute atomic E-state index is 12.2. The number of hydrogen-bond donors (Lipinski definition) is 0. The number of hydrogen-bond acceptors (Lipinski definition) is 4. The van der Waals surface area contributed by atoms with Gasteiger partial charge in [-0.25, -0.2) is 0 Å². The van der Waals surface area contributed by atoms with Gasteiger partial charge in [0.05, 0.1) is 25.0 Å². The number of aromatic nitrogens is 1. The summed E-state index contributed by atoms with van der Waals surface area (Å²) in [4.78, 5) is 18.0. The zero-order chi connectivity index (χ0) is 11.8. The number of methoxy groups -OCH3 is 1. The topological polar surface area (TPSA) is 55.0 Å². The predicted molar refractivity (Wildman–Crippen MR) is 60.0 cm³/mol. The third kappa shape index (κ3) is 1.98. The molecule has 90 valence electrons. The van der Waals surface area contributed by atoms with Crippen molar-refractivity contribution in [2.24, 2.45) is 0 Å². The maximum atomic E-state index is 12.2. The van der Waals surface area contributed by atoms with E-state index < -0.39 is 0 Å². The average molecular weight is 234 g/mol. The molecular formula is C12H14N2O3. The lowest BCUT2D eigenvalue weighted by atomic mass is 10.1. The normalized spacial score (nSPS) is 26.3. The summed E-state index contributed by atoms with van der Waals surface area (Å²) in [6.07, 6.45) is 4.75. The second-order valence-electron chi connectivity index (χ2n) is 4.37. The van der Waals surface area contributed by atoms with Gasteiger partial charge in [0.2, 0.25) is 0 Å². The van der Waals surface area contributed by atoms with Gasteiger partial charge in [0.25, 0.3) is 5.91 Å². The minimum absolute atomic E-state index is 0.00495. The van der Waals surface area contributed by atoms with Crippen LogP contribution in [0.5, 0.6) is 5.75 Å². The molecule has 0 spiro atoms. The van der Waals surface area contributed by atoms with Gasteiger partial charge in [-0.15, -0.1) is 0 Å². The van der Waals surface area contributed by atoms with Crippen molar-refractivity contribution in [3.05, 3.63) is 24.0 Å². The summed E-state index contributed by atoms with van der Waals surface area (Å²) in [7, 11) is 1.56.